The van der Waals surface area contributed by atoms with E-state index in [2.05, 4.69) is 21.8 Å². The van der Waals surface area contributed by atoms with Gasteiger partial charge >= 0.3 is 0 Å². The Labute approximate surface area is 29.9 Å². The third-order valence-corrected chi connectivity index (χ3v) is 0.224. The highest BCUT2D eigenvalue weighted by Gasteiger charge is 1.39. The maximum atomic E-state index is 3.98. The number of rotatable bonds is 1. The van der Waals surface area contributed by atoms with Crippen LogP contribution in [0, 0.1) is 0 Å². The zero-order chi connectivity index (χ0) is 3.41. The third kappa shape index (κ3) is 1.82. The molecule has 0 aromatic heterocycles. The topological polar surface area (TPSA) is 21.6 Å². The molecule has 0 aromatic carbocycles. The molecule has 2 nitrogen and oxygen atoms in total. The molecule has 24 valence electrons. The molecule has 4 heavy (non-hydrogen) atoms. The van der Waals surface area contributed by atoms with Crippen molar-refractivity contribution >= 4 is 12.4 Å². The number of hydrogen-bond donors (Lipinski definition) is 0. The van der Waals surface area contributed by atoms with Crippen LogP contribution < -0.4 is 0 Å². The lowest BCUT2D eigenvalue weighted by Crippen LogP contribution is -1.54. The second kappa shape index (κ2) is 2.82. The highest BCUT2D eigenvalue weighted by Crippen LogP contribution is 1.51. The maximum Gasteiger partial charge on any atom is 0.107 e. The second-order valence-corrected chi connectivity index (χ2v) is 0.406. The zero-order valence-corrected chi connectivity index (χ0v) is 3.08. The van der Waals surface area contributed by atoms with Crippen LogP contribution in [0.2, 0.25) is 0 Å². The Kier molecular flexibility index (Phi) is 2.69. The Morgan fingerprint density at radius 1 is 2.00 bits per heavy atom. The highest BCUT2D eigenvalue weighted by atomic mass is 32.1. The molecule has 0 fully saturated rings. The van der Waals surface area contributed by atoms with Crippen LogP contribution in [0.3, 0.4) is 0 Å². The predicted octanol–water partition coefficient (Wildman–Crippen LogP) is 0.278. The fourth-order valence-electron chi connectivity index (χ4n) is 0. The second-order valence-electron chi connectivity index (χ2n) is 0.257. The predicted molar refractivity (Wildman–Crippen MR) is 16.8 cm³/mol. The Morgan fingerprint density at radius 2 is 2.25 bits per heavy atom. The van der Waals surface area contributed by atoms with Crippen molar-refractivity contribution in [2.45, 2.75) is 0 Å². The fourth-order valence-corrected chi connectivity index (χ4v) is 0. The van der Waals surface area contributed by atoms with Gasteiger partial charge in [0.1, 0.15) is 7.11 Å². The summed E-state index contributed by atoms with van der Waals surface area (Å²) in [4.78, 5) is 3.98. The Morgan fingerprint density at radius 3 is 2.25 bits per heavy atom. The van der Waals surface area contributed by atoms with Gasteiger partial charge in [-0.2, -0.15) is 0 Å². The molecular formula is CH3NOS. The molecule has 0 rings (SSSR count). The molecule has 0 heterocycles. The summed E-state index contributed by atoms with van der Waals surface area (Å²) in [6.07, 6.45) is 0. The molecule has 3 heteroatoms. The molecule has 0 N–H and O–H groups in total. The summed E-state index contributed by atoms with van der Waals surface area (Å²) in [5.74, 6) is 0. The first-order valence-electron chi connectivity index (χ1n) is 0.773. The quantitative estimate of drug-likeness (QED) is 0.419. The molecule has 0 radical (unpaired) electrons. The Bertz CT molecular complexity index is 22.0. The van der Waals surface area contributed by atoms with E-state index in [9.17, 15) is 0 Å². The van der Waals surface area contributed by atoms with E-state index in [0.717, 1.165) is 0 Å². The maximum absolute atomic E-state index is 3.98. The van der Waals surface area contributed by atoms with Gasteiger partial charge in [0, 0.05) is 0 Å². The van der Waals surface area contributed by atoms with Crippen LogP contribution in [-0.2, 0) is 17.3 Å². The molecule has 0 spiro atoms. The molecule has 0 amide bonds. The van der Waals surface area contributed by atoms with E-state index in [1.54, 1.807) is 0 Å². The third-order valence-electron chi connectivity index (χ3n) is 0.0745. The fraction of sp³-hybridized carbons (Fsp3) is 1.00. The molecule has 0 aliphatic carbocycles. The first-order valence-corrected chi connectivity index (χ1v) is 1.14. The number of hydrogen-bond acceptors (Lipinski definition) is 3. The Balaban J connectivity index is 2.30. The van der Waals surface area contributed by atoms with Gasteiger partial charge in [0.05, 0.1) is 12.4 Å². The summed E-state index contributed by atoms with van der Waals surface area (Å²) >= 11 is 3.96. The van der Waals surface area contributed by atoms with Crippen LogP contribution in [-0.4, -0.2) is 7.11 Å². The van der Waals surface area contributed by atoms with Crippen molar-refractivity contribution in [2.24, 2.45) is 4.53 Å². The minimum atomic E-state index is 1.41. The van der Waals surface area contributed by atoms with Gasteiger partial charge in [-0.05, 0) is 4.53 Å². The van der Waals surface area contributed by atoms with Crippen molar-refractivity contribution in [1.82, 2.24) is 0 Å². The summed E-state index contributed by atoms with van der Waals surface area (Å²) in [6.45, 7) is 0. The smallest absolute Gasteiger partial charge is 0.107 e. The van der Waals surface area contributed by atoms with Crippen LogP contribution in [0.4, 0.5) is 0 Å². The average Bonchev–Trinajstić information content (AvgIpc) is 1.37. The lowest BCUT2D eigenvalue weighted by molar-refractivity contribution is 0.222. The van der Waals surface area contributed by atoms with E-state index in [4.69, 9.17) is 0 Å². The van der Waals surface area contributed by atoms with E-state index in [0.29, 0.717) is 0 Å². The molecular weight excluding hydrogens is 74.1 g/mol. The lowest BCUT2D eigenvalue weighted by atomic mass is 11.7. The van der Waals surface area contributed by atoms with E-state index >= 15 is 0 Å². The Hall–Kier alpha value is -0.180. The minimum Gasteiger partial charge on any atom is -0.389 e. The van der Waals surface area contributed by atoms with Crippen molar-refractivity contribution in [1.29, 1.82) is 0 Å². The zero-order valence-electron chi connectivity index (χ0n) is 2.26. The van der Waals surface area contributed by atoms with Crippen molar-refractivity contribution < 1.29 is 4.84 Å². The monoisotopic (exact) mass is 77.0 g/mol. The van der Waals surface area contributed by atoms with Crippen molar-refractivity contribution in [3.8, 4) is 0 Å². The van der Waals surface area contributed by atoms with Crippen LogP contribution in [0.25, 0.3) is 0 Å². The van der Waals surface area contributed by atoms with Crippen LogP contribution in [0.5, 0.6) is 0 Å². The standard InChI is InChI=1S/CH3NOS/c1-3-2-4/h1H3. The molecule has 0 aromatic rings. The highest BCUT2D eigenvalue weighted by molar-refractivity contribution is 7.47. The van der Waals surface area contributed by atoms with Crippen molar-refractivity contribution in [3.63, 3.8) is 0 Å². The van der Waals surface area contributed by atoms with Gasteiger partial charge in [-0.1, -0.05) is 0 Å². The molecule has 0 saturated heterocycles. The molecule has 0 unspecified atom stereocenters. The molecule has 0 aliphatic rings. The summed E-state index contributed by atoms with van der Waals surface area (Å²) in [7, 11) is 1.41. The SMILES string of the molecule is CON=S. The molecule has 0 bridgehead atoms. The molecule has 0 saturated carbocycles. The van der Waals surface area contributed by atoms with Gasteiger partial charge in [0.15, 0.2) is 0 Å². The summed E-state index contributed by atoms with van der Waals surface area (Å²) < 4.78 is 2.82. The minimum absolute atomic E-state index is 1.41. The van der Waals surface area contributed by atoms with Gasteiger partial charge in [-0.15, -0.1) is 0 Å². The van der Waals surface area contributed by atoms with Gasteiger partial charge < -0.3 is 4.84 Å². The van der Waals surface area contributed by atoms with Crippen molar-refractivity contribution in [3.05, 3.63) is 0 Å². The summed E-state index contributed by atoms with van der Waals surface area (Å²) in [6, 6.07) is 0. The summed E-state index contributed by atoms with van der Waals surface area (Å²) in [5, 5.41) is 0. The van der Waals surface area contributed by atoms with Gasteiger partial charge in [0.25, 0.3) is 0 Å². The first kappa shape index (κ1) is 3.82. The molecule has 0 atom stereocenters. The van der Waals surface area contributed by atoms with E-state index in [-0.39, 0.29) is 0 Å². The van der Waals surface area contributed by atoms with Crippen LogP contribution in [0.15, 0.2) is 4.53 Å². The number of nitrogens with zero attached hydrogens (tertiary/aromatic N) is 1. The largest absolute Gasteiger partial charge is 0.389 e. The van der Waals surface area contributed by atoms with Gasteiger partial charge in [-0.25, -0.2) is 0 Å². The first-order chi connectivity index (χ1) is 1.91. The van der Waals surface area contributed by atoms with Gasteiger partial charge in [-0.3, -0.25) is 0 Å². The van der Waals surface area contributed by atoms with E-state index in [1.165, 1.54) is 7.11 Å². The van der Waals surface area contributed by atoms with E-state index in [1.807, 2.05) is 0 Å². The van der Waals surface area contributed by atoms with Gasteiger partial charge in [0.2, 0.25) is 0 Å². The molecule has 0 aliphatic heterocycles. The average molecular weight is 77.1 g/mol. The van der Waals surface area contributed by atoms with Crippen molar-refractivity contribution in [2.75, 3.05) is 7.11 Å². The summed E-state index contributed by atoms with van der Waals surface area (Å²) in [5.41, 5.74) is 0. The van der Waals surface area contributed by atoms with Crippen LogP contribution in [0.1, 0.15) is 0 Å². The van der Waals surface area contributed by atoms with E-state index < -0.39 is 0 Å². The normalized spacial score (nSPS) is 5.25. The lowest BCUT2D eigenvalue weighted by Gasteiger charge is -1.67. The van der Waals surface area contributed by atoms with Crippen LogP contribution >= 0.6 is 0 Å².